The number of allylic oxidation sites excluding steroid dienone is 2. The summed E-state index contributed by atoms with van der Waals surface area (Å²) >= 11 is 0. The monoisotopic (exact) mass is 267 g/mol. The Morgan fingerprint density at radius 3 is 2.40 bits per heavy atom. The fourth-order valence-corrected chi connectivity index (χ4v) is 3.87. The molecule has 0 N–H and O–H groups in total. The average molecular weight is 267 g/mol. The second-order valence-corrected chi connectivity index (χ2v) is 6.24. The molecule has 3 aliphatic rings. The molecule has 102 valence electrons. The van der Waals surface area contributed by atoms with Crippen molar-refractivity contribution < 1.29 is 9.47 Å². The van der Waals surface area contributed by atoms with Gasteiger partial charge < -0.3 is 9.47 Å². The lowest BCUT2D eigenvalue weighted by Crippen LogP contribution is -2.41. The van der Waals surface area contributed by atoms with Crippen molar-refractivity contribution in [1.82, 2.24) is 0 Å². The molecule has 0 unspecified atom stereocenters. The van der Waals surface area contributed by atoms with E-state index in [2.05, 4.69) is 18.2 Å². The van der Waals surface area contributed by atoms with Crippen LogP contribution in [-0.2, 0) is 9.47 Å². The minimum absolute atomic E-state index is 0.211. The van der Waals surface area contributed by atoms with Crippen molar-refractivity contribution in [2.75, 3.05) is 13.2 Å². The van der Waals surface area contributed by atoms with Crippen LogP contribution in [0.1, 0.15) is 30.3 Å². The van der Waals surface area contributed by atoms with Crippen LogP contribution in [0.5, 0.6) is 0 Å². The number of nitriles is 1. The van der Waals surface area contributed by atoms with Crippen LogP contribution in [0, 0.1) is 28.6 Å². The minimum atomic E-state index is -0.281. The Balaban J connectivity index is 1.47. The molecule has 1 aromatic rings. The third-order valence-electron chi connectivity index (χ3n) is 4.98. The van der Waals surface area contributed by atoms with Gasteiger partial charge in [-0.05, 0) is 36.8 Å². The number of hydrogen-bond donors (Lipinski definition) is 0. The molecule has 20 heavy (non-hydrogen) atoms. The summed E-state index contributed by atoms with van der Waals surface area (Å²) in [5.41, 5.74) is 1.87. The normalized spacial score (nSPS) is 38.2. The van der Waals surface area contributed by atoms with Crippen molar-refractivity contribution >= 4 is 0 Å². The lowest BCUT2D eigenvalue weighted by Gasteiger charge is -2.41. The van der Waals surface area contributed by atoms with Crippen LogP contribution in [0.25, 0.3) is 0 Å². The lowest BCUT2D eigenvalue weighted by molar-refractivity contribution is -0.239. The SMILES string of the molecule is N#Cc1ccc(C2OCC3(CO2)C[C@@H]2C=C[C@H]3C2)cc1. The molecule has 1 aromatic carbocycles. The predicted octanol–water partition coefficient (Wildman–Crippen LogP) is 3.19. The van der Waals surface area contributed by atoms with Crippen LogP contribution in [-0.4, -0.2) is 13.2 Å². The zero-order valence-electron chi connectivity index (χ0n) is 11.3. The maximum Gasteiger partial charge on any atom is 0.183 e. The highest BCUT2D eigenvalue weighted by Gasteiger charge is 2.51. The maximum absolute atomic E-state index is 8.82. The van der Waals surface area contributed by atoms with Crippen molar-refractivity contribution in [3.8, 4) is 6.07 Å². The molecule has 2 atom stereocenters. The van der Waals surface area contributed by atoms with Gasteiger partial charge in [-0.1, -0.05) is 24.3 Å². The standard InChI is InChI=1S/C17H17NO2/c18-9-12-1-4-14(5-2-12)16-19-10-17(11-20-16)8-13-3-6-15(17)7-13/h1-6,13,15-16H,7-8,10-11H2/t13-,15+,16?,17?/m1/s1. The predicted molar refractivity (Wildman–Crippen MR) is 73.6 cm³/mol. The van der Waals surface area contributed by atoms with Gasteiger partial charge in [-0.25, -0.2) is 0 Å². The molecule has 2 bridgehead atoms. The van der Waals surface area contributed by atoms with Crippen LogP contribution in [0.3, 0.4) is 0 Å². The largest absolute Gasteiger partial charge is 0.348 e. The summed E-state index contributed by atoms with van der Waals surface area (Å²) < 4.78 is 12.0. The summed E-state index contributed by atoms with van der Waals surface area (Å²) in [6.07, 6.45) is 6.89. The molecule has 3 nitrogen and oxygen atoms in total. The number of hydrogen-bond acceptors (Lipinski definition) is 3. The summed E-state index contributed by atoms with van der Waals surface area (Å²) in [6, 6.07) is 9.59. The molecule has 1 saturated heterocycles. The van der Waals surface area contributed by atoms with Crippen molar-refractivity contribution in [3.63, 3.8) is 0 Å². The second-order valence-electron chi connectivity index (χ2n) is 6.24. The van der Waals surface area contributed by atoms with Crippen molar-refractivity contribution in [3.05, 3.63) is 47.5 Å². The first-order valence-corrected chi connectivity index (χ1v) is 7.21. The van der Waals surface area contributed by atoms with E-state index in [1.807, 2.05) is 24.3 Å². The van der Waals surface area contributed by atoms with E-state index < -0.39 is 0 Å². The molecular formula is C17H17NO2. The molecule has 4 rings (SSSR count). The fourth-order valence-electron chi connectivity index (χ4n) is 3.87. The Hall–Kier alpha value is -1.63. The first kappa shape index (κ1) is 12.1. The van der Waals surface area contributed by atoms with E-state index in [-0.39, 0.29) is 11.7 Å². The summed E-state index contributed by atoms with van der Waals surface area (Å²) in [5, 5.41) is 8.82. The number of nitrogens with zero attached hydrogens (tertiary/aromatic N) is 1. The number of ether oxygens (including phenoxy) is 2. The van der Waals surface area contributed by atoms with Gasteiger partial charge in [0.2, 0.25) is 0 Å². The van der Waals surface area contributed by atoms with Crippen LogP contribution in [0.2, 0.25) is 0 Å². The first-order valence-electron chi connectivity index (χ1n) is 7.21. The zero-order chi connectivity index (χ0) is 13.6. The second kappa shape index (κ2) is 4.44. The Bertz CT molecular complexity index is 576. The lowest BCUT2D eigenvalue weighted by atomic mass is 9.76. The Labute approximate surface area is 118 Å². The van der Waals surface area contributed by atoms with Gasteiger partial charge in [0.15, 0.2) is 6.29 Å². The van der Waals surface area contributed by atoms with Gasteiger partial charge in [0.05, 0.1) is 24.8 Å². The Morgan fingerprint density at radius 2 is 1.85 bits per heavy atom. The minimum Gasteiger partial charge on any atom is -0.348 e. The van der Waals surface area contributed by atoms with Gasteiger partial charge in [0, 0.05) is 11.0 Å². The van der Waals surface area contributed by atoms with Gasteiger partial charge in [0.25, 0.3) is 0 Å². The van der Waals surface area contributed by atoms with Crippen LogP contribution >= 0.6 is 0 Å². The Kier molecular flexibility index (Phi) is 2.70. The third-order valence-corrected chi connectivity index (χ3v) is 4.98. The molecule has 1 saturated carbocycles. The number of rotatable bonds is 1. The van der Waals surface area contributed by atoms with Gasteiger partial charge in [-0.2, -0.15) is 5.26 Å². The molecule has 0 radical (unpaired) electrons. The fraction of sp³-hybridized carbons (Fsp3) is 0.471. The molecular weight excluding hydrogens is 250 g/mol. The van der Waals surface area contributed by atoms with Gasteiger partial charge in [0.1, 0.15) is 0 Å². The van der Waals surface area contributed by atoms with Crippen molar-refractivity contribution in [1.29, 1.82) is 5.26 Å². The smallest absolute Gasteiger partial charge is 0.183 e. The van der Waals surface area contributed by atoms with Crippen LogP contribution < -0.4 is 0 Å². The van der Waals surface area contributed by atoms with Crippen molar-refractivity contribution in [2.45, 2.75) is 19.1 Å². The summed E-state index contributed by atoms with van der Waals surface area (Å²) in [7, 11) is 0. The quantitative estimate of drug-likeness (QED) is 0.734. The van der Waals surface area contributed by atoms with E-state index >= 15 is 0 Å². The van der Waals surface area contributed by atoms with E-state index in [4.69, 9.17) is 14.7 Å². The first-order chi connectivity index (χ1) is 9.79. The molecule has 1 heterocycles. The molecule has 2 fully saturated rings. The van der Waals surface area contributed by atoms with Gasteiger partial charge in [-0.3, -0.25) is 0 Å². The van der Waals surface area contributed by atoms with Gasteiger partial charge >= 0.3 is 0 Å². The average Bonchev–Trinajstić information content (AvgIpc) is 3.09. The van der Waals surface area contributed by atoms with Crippen LogP contribution in [0.4, 0.5) is 0 Å². The molecule has 2 aliphatic carbocycles. The molecule has 1 spiro atoms. The van der Waals surface area contributed by atoms with E-state index in [1.54, 1.807) is 0 Å². The zero-order valence-corrected chi connectivity index (χ0v) is 11.3. The van der Waals surface area contributed by atoms with Crippen LogP contribution in [0.15, 0.2) is 36.4 Å². The van der Waals surface area contributed by atoms with Gasteiger partial charge in [-0.15, -0.1) is 0 Å². The van der Waals surface area contributed by atoms with E-state index in [9.17, 15) is 0 Å². The maximum atomic E-state index is 8.82. The molecule has 0 amide bonds. The highest BCUT2D eigenvalue weighted by Crippen LogP contribution is 2.54. The number of fused-ring (bicyclic) bond motifs is 3. The van der Waals surface area contributed by atoms with E-state index in [0.717, 1.165) is 24.7 Å². The summed E-state index contributed by atoms with van der Waals surface area (Å²) in [4.78, 5) is 0. The number of benzene rings is 1. The molecule has 1 aliphatic heterocycles. The highest BCUT2D eigenvalue weighted by atomic mass is 16.7. The summed E-state index contributed by atoms with van der Waals surface area (Å²) in [6.45, 7) is 1.56. The molecule has 3 heteroatoms. The van der Waals surface area contributed by atoms with Crippen molar-refractivity contribution in [2.24, 2.45) is 17.3 Å². The Morgan fingerprint density at radius 1 is 1.10 bits per heavy atom. The highest BCUT2D eigenvalue weighted by molar-refractivity contribution is 5.32. The summed E-state index contributed by atoms with van der Waals surface area (Å²) in [5.74, 6) is 1.37. The molecule has 0 aromatic heterocycles. The van der Waals surface area contributed by atoms with E-state index in [0.29, 0.717) is 11.5 Å². The topological polar surface area (TPSA) is 42.2 Å². The third kappa shape index (κ3) is 1.80. The van der Waals surface area contributed by atoms with E-state index in [1.165, 1.54) is 12.8 Å².